The summed E-state index contributed by atoms with van der Waals surface area (Å²) < 4.78 is 10.9. The summed E-state index contributed by atoms with van der Waals surface area (Å²) in [7, 11) is 0. The van der Waals surface area contributed by atoms with E-state index in [4.69, 9.17) is 9.47 Å². The van der Waals surface area contributed by atoms with Crippen LogP contribution in [0.5, 0.6) is 11.5 Å². The van der Waals surface area contributed by atoms with Crippen molar-refractivity contribution in [2.24, 2.45) is 5.92 Å². The Kier molecular flexibility index (Phi) is 2.31. The number of aromatic nitrogens is 1. The van der Waals surface area contributed by atoms with E-state index in [0.717, 1.165) is 34.0 Å². The highest BCUT2D eigenvalue weighted by atomic mass is 16.7. The van der Waals surface area contributed by atoms with Crippen LogP contribution in [0.3, 0.4) is 0 Å². The SMILES string of the molecule is CCC1CC1Nc1nccc2cc3c(cc12)OCO3. The molecule has 2 aromatic rings. The van der Waals surface area contributed by atoms with Crippen LogP contribution in [0.1, 0.15) is 19.8 Å². The van der Waals surface area contributed by atoms with E-state index in [2.05, 4.69) is 17.2 Å². The average Bonchev–Trinajstić information content (AvgIpc) is 3.03. The second kappa shape index (κ2) is 4.02. The smallest absolute Gasteiger partial charge is 0.231 e. The van der Waals surface area contributed by atoms with E-state index in [0.29, 0.717) is 12.8 Å². The fourth-order valence-corrected chi connectivity index (χ4v) is 2.73. The topological polar surface area (TPSA) is 43.4 Å². The molecule has 2 aliphatic rings. The van der Waals surface area contributed by atoms with Gasteiger partial charge in [0.25, 0.3) is 0 Å². The maximum absolute atomic E-state index is 5.45. The van der Waals surface area contributed by atoms with Crippen LogP contribution in [0, 0.1) is 5.92 Å². The first kappa shape index (κ1) is 10.9. The van der Waals surface area contributed by atoms with Crippen molar-refractivity contribution in [3.8, 4) is 11.5 Å². The minimum atomic E-state index is 0.308. The molecule has 2 unspecified atom stereocenters. The Labute approximate surface area is 111 Å². The number of ether oxygens (including phenoxy) is 2. The summed E-state index contributed by atoms with van der Waals surface area (Å²) >= 11 is 0. The molecule has 0 bridgehead atoms. The Morgan fingerprint density at radius 3 is 2.95 bits per heavy atom. The third-order valence-electron chi connectivity index (χ3n) is 4.03. The third-order valence-corrected chi connectivity index (χ3v) is 4.03. The van der Waals surface area contributed by atoms with Crippen LogP contribution in [0.2, 0.25) is 0 Å². The van der Waals surface area contributed by atoms with Gasteiger partial charge in [-0.1, -0.05) is 13.3 Å². The van der Waals surface area contributed by atoms with Crippen molar-refractivity contribution < 1.29 is 9.47 Å². The maximum atomic E-state index is 5.45. The molecule has 1 fully saturated rings. The third kappa shape index (κ3) is 1.79. The molecule has 1 aromatic carbocycles. The Balaban J connectivity index is 1.74. The summed E-state index contributed by atoms with van der Waals surface area (Å²) in [6, 6.07) is 6.63. The molecule has 98 valence electrons. The monoisotopic (exact) mass is 256 g/mol. The molecule has 19 heavy (non-hydrogen) atoms. The summed E-state index contributed by atoms with van der Waals surface area (Å²) in [4.78, 5) is 4.47. The lowest BCUT2D eigenvalue weighted by Crippen LogP contribution is -2.06. The second-order valence-electron chi connectivity index (χ2n) is 5.24. The molecule has 4 nitrogen and oxygen atoms in total. The number of benzene rings is 1. The van der Waals surface area contributed by atoms with Gasteiger partial charge in [0.15, 0.2) is 11.5 Å². The van der Waals surface area contributed by atoms with Crippen molar-refractivity contribution in [1.29, 1.82) is 0 Å². The standard InChI is InChI=1S/C15H16N2O2/c1-2-9-5-12(9)17-15-11-7-14-13(18-8-19-14)6-10(11)3-4-16-15/h3-4,6-7,9,12H,2,5,8H2,1H3,(H,16,17). The summed E-state index contributed by atoms with van der Waals surface area (Å²) in [5, 5.41) is 5.78. The highest BCUT2D eigenvalue weighted by Crippen LogP contribution is 2.40. The van der Waals surface area contributed by atoms with Gasteiger partial charge in [-0.3, -0.25) is 0 Å². The van der Waals surface area contributed by atoms with E-state index >= 15 is 0 Å². The summed E-state index contributed by atoms with van der Waals surface area (Å²) in [5.74, 6) is 3.39. The zero-order valence-corrected chi connectivity index (χ0v) is 10.8. The summed E-state index contributed by atoms with van der Waals surface area (Å²) in [5.41, 5.74) is 0. The lowest BCUT2D eigenvalue weighted by atomic mass is 10.1. The first-order chi connectivity index (χ1) is 9.35. The normalized spacial score (nSPS) is 23.6. The first-order valence-electron chi connectivity index (χ1n) is 6.80. The van der Waals surface area contributed by atoms with Crippen LogP contribution in [-0.2, 0) is 0 Å². The van der Waals surface area contributed by atoms with Crippen LogP contribution < -0.4 is 14.8 Å². The van der Waals surface area contributed by atoms with Gasteiger partial charge >= 0.3 is 0 Å². The zero-order valence-electron chi connectivity index (χ0n) is 10.8. The van der Waals surface area contributed by atoms with Crippen molar-refractivity contribution in [2.75, 3.05) is 12.1 Å². The van der Waals surface area contributed by atoms with Gasteiger partial charge in [-0.2, -0.15) is 0 Å². The van der Waals surface area contributed by atoms with Crippen molar-refractivity contribution in [3.63, 3.8) is 0 Å². The molecule has 1 aliphatic carbocycles. The predicted octanol–water partition coefficient (Wildman–Crippen LogP) is 3.17. The van der Waals surface area contributed by atoms with Gasteiger partial charge < -0.3 is 14.8 Å². The fraction of sp³-hybridized carbons (Fsp3) is 0.400. The Bertz CT molecular complexity index is 641. The molecule has 0 radical (unpaired) electrons. The molecular weight excluding hydrogens is 240 g/mol. The number of hydrogen-bond acceptors (Lipinski definition) is 4. The van der Waals surface area contributed by atoms with Crippen LogP contribution in [-0.4, -0.2) is 17.8 Å². The molecule has 1 saturated carbocycles. The van der Waals surface area contributed by atoms with Gasteiger partial charge in [0.2, 0.25) is 6.79 Å². The van der Waals surface area contributed by atoms with Crippen LogP contribution >= 0.6 is 0 Å². The van der Waals surface area contributed by atoms with Gasteiger partial charge in [-0.25, -0.2) is 4.98 Å². The summed E-state index contributed by atoms with van der Waals surface area (Å²) in [6.07, 6.45) is 4.32. The van der Waals surface area contributed by atoms with E-state index in [9.17, 15) is 0 Å². The van der Waals surface area contributed by atoms with Gasteiger partial charge in [0, 0.05) is 17.6 Å². The molecule has 0 amide bonds. The van der Waals surface area contributed by atoms with Crippen LogP contribution in [0.15, 0.2) is 24.4 Å². The largest absolute Gasteiger partial charge is 0.454 e. The van der Waals surface area contributed by atoms with Gasteiger partial charge in [-0.05, 0) is 35.9 Å². The quantitative estimate of drug-likeness (QED) is 0.916. The van der Waals surface area contributed by atoms with E-state index in [1.807, 2.05) is 24.4 Å². The average molecular weight is 256 g/mol. The number of rotatable bonds is 3. The van der Waals surface area contributed by atoms with Crippen molar-refractivity contribution in [2.45, 2.75) is 25.8 Å². The number of hydrogen-bond donors (Lipinski definition) is 1. The molecule has 0 spiro atoms. The van der Waals surface area contributed by atoms with Crippen LogP contribution in [0.25, 0.3) is 10.8 Å². The lowest BCUT2D eigenvalue weighted by molar-refractivity contribution is 0.174. The Morgan fingerprint density at radius 2 is 2.16 bits per heavy atom. The Hall–Kier alpha value is -1.97. The maximum Gasteiger partial charge on any atom is 0.231 e. The number of anilines is 1. The number of pyridine rings is 1. The molecule has 2 heterocycles. The molecule has 4 rings (SSSR count). The number of nitrogens with zero attached hydrogens (tertiary/aromatic N) is 1. The predicted molar refractivity (Wildman–Crippen MR) is 73.7 cm³/mol. The van der Waals surface area contributed by atoms with Gasteiger partial charge in [0.05, 0.1) is 0 Å². The van der Waals surface area contributed by atoms with Crippen molar-refractivity contribution >= 4 is 16.6 Å². The fourth-order valence-electron chi connectivity index (χ4n) is 2.73. The molecule has 1 aromatic heterocycles. The highest BCUT2D eigenvalue weighted by Gasteiger charge is 2.35. The van der Waals surface area contributed by atoms with Crippen LogP contribution in [0.4, 0.5) is 5.82 Å². The minimum Gasteiger partial charge on any atom is -0.454 e. The van der Waals surface area contributed by atoms with E-state index in [-0.39, 0.29) is 0 Å². The molecule has 1 aliphatic heterocycles. The molecular formula is C15H16N2O2. The first-order valence-corrected chi connectivity index (χ1v) is 6.80. The lowest BCUT2D eigenvalue weighted by Gasteiger charge is -2.09. The second-order valence-corrected chi connectivity index (χ2v) is 5.24. The number of nitrogens with one attached hydrogen (secondary N) is 1. The van der Waals surface area contributed by atoms with E-state index < -0.39 is 0 Å². The Morgan fingerprint density at radius 1 is 1.32 bits per heavy atom. The van der Waals surface area contributed by atoms with Gasteiger partial charge in [-0.15, -0.1) is 0 Å². The minimum absolute atomic E-state index is 0.308. The molecule has 4 heteroatoms. The highest BCUT2D eigenvalue weighted by molar-refractivity contribution is 5.94. The molecule has 2 atom stereocenters. The van der Waals surface area contributed by atoms with E-state index in [1.54, 1.807) is 0 Å². The van der Waals surface area contributed by atoms with E-state index in [1.165, 1.54) is 12.8 Å². The number of fused-ring (bicyclic) bond motifs is 2. The molecule has 0 saturated heterocycles. The summed E-state index contributed by atoms with van der Waals surface area (Å²) in [6.45, 7) is 2.54. The van der Waals surface area contributed by atoms with Crippen molar-refractivity contribution in [3.05, 3.63) is 24.4 Å². The van der Waals surface area contributed by atoms with Gasteiger partial charge in [0.1, 0.15) is 5.82 Å². The molecule has 1 N–H and O–H groups in total. The van der Waals surface area contributed by atoms with Crippen molar-refractivity contribution in [1.82, 2.24) is 4.98 Å². The zero-order chi connectivity index (χ0) is 12.8.